The number of carbonyl (C=O) groups excluding carboxylic acids is 1. The summed E-state index contributed by atoms with van der Waals surface area (Å²) in [6.07, 6.45) is 3.41. The first-order chi connectivity index (χ1) is 15.0. The van der Waals surface area contributed by atoms with Gasteiger partial charge in [0, 0.05) is 17.1 Å². The summed E-state index contributed by atoms with van der Waals surface area (Å²) < 4.78 is 6.37. The summed E-state index contributed by atoms with van der Waals surface area (Å²) in [5.74, 6) is -1.14. The number of esters is 1. The number of fused-ring (bicyclic) bond motifs is 1. The number of carbonyl (C=O) groups is 1. The molecule has 2 aromatic carbocycles. The van der Waals surface area contributed by atoms with Crippen LogP contribution in [0.3, 0.4) is 0 Å². The summed E-state index contributed by atoms with van der Waals surface area (Å²) in [6, 6.07) is 20.2. The van der Waals surface area contributed by atoms with Crippen LogP contribution in [0.1, 0.15) is 16.1 Å². The Labute approximate surface area is 186 Å². The van der Waals surface area contributed by atoms with E-state index < -0.39 is 5.97 Å². The number of methoxy groups -OCH3 is 1. The van der Waals surface area contributed by atoms with Crippen LogP contribution in [0, 0.1) is 0 Å². The number of aromatic nitrogens is 2. The highest BCUT2D eigenvalue weighted by atomic mass is 79.9. The van der Waals surface area contributed by atoms with Crippen molar-refractivity contribution in [2.75, 3.05) is 7.11 Å². The van der Waals surface area contributed by atoms with E-state index in [0.717, 1.165) is 5.56 Å². The number of aromatic hydroxyl groups is 1. The molecule has 0 unspecified atom stereocenters. The molecule has 2 heterocycles. The molecule has 0 aliphatic carbocycles. The number of pyridine rings is 2. The van der Waals surface area contributed by atoms with Crippen molar-refractivity contribution in [1.82, 2.24) is 9.55 Å². The predicted octanol–water partition coefficient (Wildman–Crippen LogP) is 4.95. The Balaban J connectivity index is 2.07. The Morgan fingerprint density at radius 3 is 2.39 bits per heavy atom. The summed E-state index contributed by atoms with van der Waals surface area (Å²) in [5.41, 5.74) is 1.75. The minimum Gasteiger partial charge on any atom is -0.505 e. The molecule has 0 aliphatic rings. The fourth-order valence-corrected chi connectivity index (χ4v) is 3.87. The minimum absolute atomic E-state index is 0.232. The van der Waals surface area contributed by atoms with Crippen molar-refractivity contribution < 1.29 is 14.6 Å². The van der Waals surface area contributed by atoms with Gasteiger partial charge in [-0.2, -0.15) is 0 Å². The second-order valence-electron chi connectivity index (χ2n) is 6.68. The van der Waals surface area contributed by atoms with Gasteiger partial charge in [-0.25, -0.2) is 9.78 Å². The summed E-state index contributed by atoms with van der Waals surface area (Å²) in [7, 11) is 1.21. The topological polar surface area (TPSA) is 81.4 Å². The molecule has 0 fully saturated rings. The van der Waals surface area contributed by atoms with Crippen molar-refractivity contribution >= 4 is 45.1 Å². The molecule has 0 saturated carbocycles. The van der Waals surface area contributed by atoms with E-state index in [4.69, 9.17) is 4.74 Å². The second-order valence-corrected chi connectivity index (χ2v) is 7.43. The summed E-state index contributed by atoms with van der Waals surface area (Å²) in [6.45, 7) is 0. The van der Waals surface area contributed by atoms with Crippen molar-refractivity contribution in [3.63, 3.8) is 0 Å². The lowest BCUT2D eigenvalue weighted by Crippen LogP contribution is -2.19. The molecule has 7 heteroatoms. The molecule has 1 N–H and O–H groups in total. The molecule has 0 spiro atoms. The van der Waals surface area contributed by atoms with Crippen LogP contribution in [-0.2, 0) is 4.74 Å². The van der Waals surface area contributed by atoms with Crippen LogP contribution in [-0.4, -0.2) is 27.7 Å². The number of hydrogen-bond donors (Lipinski definition) is 1. The monoisotopic (exact) mass is 476 g/mol. The van der Waals surface area contributed by atoms with Crippen LogP contribution in [0.25, 0.3) is 34.3 Å². The molecule has 154 valence electrons. The summed E-state index contributed by atoms with van der Waals surface area (Å²) in [4.78, 5) is 29.7. The quantitative estimate of drug-likeness (QED) is 0.333. The van der Waals surface area contributed by atoms with Crippen molar-refractivity contribution in [3.8, 4) is 16.9 Å². The Kier molecular flexibility index (Phi) is 5.68. The van der Waals surface area contributed by atoms with Crippen molar-refractivity contribution in [2.45, 2.75) is 0 Å². The molecule has 0 atom stereocenters. The SMILES string of the molecule is COC(=O)c1nc(Br)c2c(cc(-c3ccccc3)c(=O)n2C=Cc2ccccc2)c1O. The van der Waals surface area contributed by atoms with Crippen LogP contribution >= 0.6 is 15.9 Å². The van der Waals surface area contributed by atoms with Crippen molar-refractivity contribution in [1.29, 1.82) is 0 Å². The van der Waals surface area contributed by atoms with E-state index in [1.165, 1.54) is 11.7 Å². The Morgan fingerprint density at radius 1 is 1.10 bits per heavy atom. The Hall–Kier alpha value is -3.71. The van der Waals surface area contributed by atoms with Gasteiger partial charge < -0.3 is 9.84 Å². The van der Waals surface area contributed by atoms with E-state index in [1.54, 1.807) is 18.3 Å². The van der Waals surface area contributed by atoms with Gasteiger partial charge in [-0.3, -0.25) is 9.36 Å². The Morgan fingerprint density at radius 2 is 1.74 bits per heavy atom. The first-order valence-corrected chi connectivity index (χ1v) is 10.1. The molecule has 2 aromatic heterocycles. The molecule has 0 saturated heterocycles. The van der Waals surface area contributed by atoms with Crippen LogP contribution < -0.4 is 5.56 Å². The second kappa shape index (κ2) is 8.57. The lowest BCUT2D eigenvalue weighted by molar-refractivity contribution is 0.0590. The van der Waals surface area contributed by atoms with Gasteiger partial charge in [0.2, 0.25) is 0 Å². The molecule has 0 amide bonds. The number of nitrogens with zero attached hydrogens (tertiary/aromatic N) is 2. The maximum absolute atomic E-state index is 13.4. The molecular formula is C24H17BrN2O4. The zero-order chi connectivity index (χ0) is 22.0. The largest absolute Gasteiger partial charge is 0.505 e. The van der Waals surface area contributed by atoms with Gasteiger partial charge in [0.1, 0.15) is 4.60 Å². The van der Waals surface area contributed by atoms with Crippen molar-refractivity contribution in [3.05, 3.63) is 92.9 Å². The van der Waals surface area contributed by atoms with Gasteiger partial charge in [0.05, 0.1) is 12.6 Å². The third-order valence-electron chi connectivity index (χ3n) is 4.80. The number of halogens is 1. The van der Waals surface area contributed by atoms with E-state index in [1.807, 2.05) is 60.7 Å². The zero-order valence-corrected chi connectivity index (χ0v) is 18.0. The molecule has 0 radical (unpaired) electrons. The third kappa shape index (κ3) is 3.87. The molecule has 0 aliphatic heterocycles. The van der Waals surface area contributed by atoms with E-state index in [9.17, 15) is 14.7 Å². The van der Waals surface area contributed by atoms with Gasteiger partial charge in [0.25, 0.3) is 5.56 Å². The van der Waals surface area contributed by atoms with Crippen LogP contribution in [0.4, 0.5) is 0 Å². The fourth-order valence-electron chi connectivity index (χ4n) is 3.29. The highest BCUT2D eigenvalue weighted by molar-refractivity contribution is 9.10. The normalized spacial score (nSPS) is 11.2. The van der Waals surface area contributed by atoms with E-state index >= 15 is 0 Å². The van der Waals surface area contributed by atoms with E-state index in [0.29, 0.717) is 22.0 Å². The zero-order valence-electron chi connectivity index (χ0n) is 16.4. The number of benzene rings is 2. The van der Waals surface area contributed by atoms with Gasteiger partial charge in [0.15, 0.2) is 11.4 Å². The summed E-state index contributed by atoms with van der Waals surface area (Å²) >= 11 is 3.35. The first-order valence-electron chi connectivity index (χ1n) is 9.36. The molecule has 31 heavy (non-hydrogen) atoms. The maximum Gasteiger partial charge on any atom is 0.360 e. The summed E-state index contributed by atoms with van der Waals surface area (Å²) in [5, 5.41) is 11.1. The average molecular weight is 477 g/mol. The van der Waals surface area contributed by atoms with Gasteiger partial charge >= 0.3 is 5.97 Å². The smallest absolute Gasteiger partial charge is 0.360 e. The third-order valence-corrected chi connectivity index (χ3v) is 5.35. The van der Waals surface area contributed by atoms with E-state index in [-0.39, 0.29) is 21.6 Å². The standard InChI is InChI=1S/C24H17BrN2O4/c1-31-24(30)19-21(28)18-14-17(16-10-6-3-7-11-16)23(29)27(20(18)22(25)26-19)13-12-15-8-4-2-5-9-15/h2-14,28H,1H3. The van der Waals surface area contributed by atoms with Gasteiger partial charge in [-0.1, -0.05) is 60.7 Å². The van der Waals surface area contributed by atoms with Crippen LogP contribution in [0.2, 0.25) is 0 Å². The highest BCUT2D eigenvalue weighted by Crippen LogP contribution is 2.34. The number of rotatable bonds is 4. The lowest BCUT2D eigenvalue weighted by Gasteiger charge is -2.14. The maximum atomic E-state index is 13.4. The fraction of sp³-hybridized carbons (Fsp3) is 0.0417. The minimum atomic E-state index is -0.779. The van der Waals surface area contributed by atoms with Crippen LogP contribution in [0.5, 0.6) is 5.75 Å². The molecular weight excluding hydrogens is 460 g/mol. The first kappa shape index (κ1) is 20.6. The molecule has 4 aromatic rings. The van der Waals surface area contributed by atoms with Gasteiger partial charge in [-0.15, -0.1) is 0 Å². The van der Waals surface area contributed by atoms with E-state index in [2.05, 4.69) is 20.9 Å². The highest BCUT2D eigenvalue weighted by Gasteiger charge is 2.22. The number of hydrogen-bond acceptors (Lipinski definition) is 5. The van der Waals surface area contributed by atoms with Crippen LogP contribution in [0.15, 0.2) is 76.1 Å². The Bertz CT molecular complexity index is 1360. The number of ether oxygens (including phenoxy) is 1. The van der Waals surface area contributed by atoms with Crippen molar-refractivity contribution in [2.24, 2.45) is 0 Å². The van der Waals surface area contributed by atoms with Gasteiger partial charge in [-0.05, 0) is 39.2 Å². The molecule has 4 rings (SSSR count). The predicted molar refractivity (Wildman–Crippen MR) is 124 cm³/mol. The lowest BCUT2D eigenvalue weighted by atomic mass is 10.0. The molecule has 6 nitrogen and oxygen atoms in total. The average Bonchev–Trinajstić information content (AvgIpc) is 2.81. The molecule has 0 bridgehead atoms.